The normalized spacial score (nSPS) is 14.5. The number of hydrogen-bond acceptors (Lipinski definition) is 5. The fraction of sp³-hybridized carbons (Fsp3) is 0.650. The largest absolute Gasteiger partial charge is 0.382 e. The summed E-state index contributed by atoms with van der Waals surface area (Å²) in [4.78, 5) is 7.14. The molecule has 2 N–H and O–H groups in total. The van der Waals surface area contributed by atoms with Crippen molar-refractivity contribution < 1.29 is 14.2 Å². The van der Waals surface area contributed by atoms with Crippen LogP contribution in [0.25, 0.3) is 0 Å². The van der Waals surface area contributed by atoms with Gasteiger partial charge in [0.2, 0.25) is 0 Å². The van der Waals surface area contributed by atoms with Crippen molar-refractivity contribution in [3.05, 3.63) is 29.8 Å². The number of nitrogens with zero attached hydrogens (tertiary/aromatic N) is 2. The van der Waals surface area contributed by atoms with Crippen LogP contribution in [-0.2, 0) is 20.8 Å². The summed E-state index contributed by atoms with van der Waals surface area (Å²) in [6, 6.07) is 8.49. The predicted octanol–water partition coefficient (Wildman–Crippen LogP) is 2.25. The summed E-state index contributed by atoms with van der Waals surface area (Å²) >= 11 is 0. The number of aliphatic imine (C=N–C) groups is 1. The predicted molar refractivity (Wildman–Crippen MR) is 125 cm³/mol. The molecule has 0 saturated carbocycles. The highest BCUT2D eigenvalue weighted by Gasteiger charge is 2.14. The highest BCUT2D eigenvalue weighted by Crippen LogP contribution is 2.22. The Kier molecular flexibility index (Phi) is 14.1. The van der Waals surface area contributed by atoms with Crippen LogP contribution in [-0.4, -0.2) is 72.3 Å². The van der Waals surface area contributed by atoms with Crippen LogP contribution in [0.5, 0.6) is 0 Å². The molecule has 1 heterocycles. The van der Waals surface area contributed by atoms with Gasteiger partial charge in [-0.25, -0.2) is 4.99 Å². The summed E-state index contributed by atoms with van der Waals surface area (Å²) < 4.78 is 15.9. The minimum atomic E-state index is 0. The van der Waals surface area contributed by atoms with Crippen molar-refractivity contribution in [2.45, 2.75) is 19.9 Å². The third-order valence-electron chi connectivity index (χ3n) is 4.28. The van der Waals surface area contributed by atoms with E-state index in [9.17, 15) is 0 Å². The molecule has 1 saturated heterocycles. The number of hydrogen-bond donors (Lipinski definition) is 2. The first-order valence-corrected chi connectivity index (χ1v) is 9.84. The van der Waals surface area contributed by atoms with Crippen molar-refractivity contribution >= 4 is 35.6 Å². The molecular formula is C20H35IN4O3. The monoisotopic (exact) mass is 506 g/mol. The van der Waals surface area contributed by atoms with Crippen molar-refractivity contribution in [3.8, 4) is 0 Å². The fourth-order valence-electron chi connectivity index (χ4n) is 2.89. The second kappa shape index (κ2) is 15.8. The Balaban J connectivity index is 0.00000392. The summed E-state index contributed by atoms with van der Waals surface area (Å²) in [7, 11) is 1.68. The van der Waals surface area contributed by atoms with Crippen LogP contribution >= 0.6 is 24.0 Å². The molecule has 1 aliphatic heterocycles. The second-order valence-corrected chi connectivity index (χ2v) is 6.31. The first-order chi connectivity index (χ1) is 13.3. The van der Waals surface area contributed by atoms with Gasteiger partial charge in [0.25, 0.3) is 0 Å². The topological polar surface area (TPSA) is 67.4 Å². The lowest BCUT2D eigenvalue weighted by Crippen LogP contribution is -2.38. The van der Waals surface area contributed by atoms with E-state index in [2.05, 4.69) is 46.7 Å². The number of anilines is 1. The third kappa shape index (κ3) is 9.40. The maximum Gasteiger partial charge on any atom is 0.191 e. The van der Waals surface area contributed by atoms with Crippen molar-refractivity contribution in [1.29, 1.82) is 0 Å². The van der Waals surface area contributed by atoms with E-state index in [1.807, 2.05) is 0 Å². The lowest BCUT2D eigenvalue weighted by molar-refractivity contribution is 0.0698. The molecule has 1 aliphatic rings. The quantitative estimate of drug-likeness (QED) is 0.208. The van der Waals surface area contributed by atoms with Crippen LogP contribution in [0.2, 0.25) is 0 Å². The zero-order chi connectivity index (χ0) is 19.2. The molecule has 0 aromatic heterocycles. The number of halogens is 1. The van der Waals surface area contributed by atoms with Gasteiger partial charge in [-0.15, -0.1) is 24.0 Å². The van der Waals surface area contributed by atoms with Crippen molar-refractivity contribution in [1.82, 2.24) is 10.6 Å². The van der Waals surface area contributed by atoms with Gasteiger partial charge in [-0.3, -0.25) is 0 Å². The van der Waals surface area contributed by atoms with Gasteiger partial charge in [0.1, 0.15) is 0 Å². The van der Waals surface area contributed by atoms with Gasteiger partial charge >= 0.3 is 0 Å². The number of rotatable bonds is 11. The Morgan fingerprint density at radius 3 is 2.68 bits per heavy atom. The Morgan fingerprint density at radius 1 is 1.14 bits per heavy atom. The number of ether oxygens (including phenoxy) is 3. The summed E-state index contributed by atoms with van der Waals surface area (Å²) in [6.45, 7) is 9.82. The van der Waals surface area contributed by atoms with Crippen LogP contribution in [0.1, 0.15) is 18.9 Å². The van der Waals surface area contributed by atoms with E-state index in [1.54, 1.807) is 7.11 Å². The van der Waals surface area contributed by atoms with Crippen molar-refractivity contribution in [2.24, 2.45) is 4.99 Å². The summed E-state index contributed by atoms with van der Waals surface area (Å²) in [5.74, 6) is 0.839. The maximum atomic E-state index is 5.49. The number of para-hydroxylation sites is 1. The molecule has 0 amide bonds. The summed E-state index contributed by atoms with van der Waals surface area (Å²) in [5.41, 5.74) is 2.49. The highest BCUT2D eigenvalue weighted by atomic mass is 127. The van der Waals surface area contributed by atoms with E-state index in [4.69, 9.17) is 19.2 Å². The smallest absolute Gasteiger partial charge is 0.191 e. The molecule has 0 bridgehead atoms. The Morgan fingerprint density at radius 2 is 1.93 bits per heavy atom. The Labute approximate surface area is 186 Å². The molecule has 0 spiro atoms. The lowest BCUT2D eigenvalue weighted by Gasteiger charge is -2.30. The number of nitrogens with one attached hydrogen (secondary N) is 2. The molecule has 7 nitrogen and oxygen atoms in total. The molecule has 28 heavy (non-hydrogen) atoms. The van der Waals surface area contributed by atoms with Gasteiger partial charge in [-0.05, 0) is 25.0 Å². The Hall–Kier alpha value is -1.10. The number of guanidine groups is 1. The minimum absolute atomic E-state index is 0. The molecule has 0 radical (unpaired) electrons. The van der Waals surface area contributed by atoms with E-state index in [1.165, 1.54) is 11.3 Å². The number of benzene rings is 1. The van der Waals surface area contributed by atoms with Gasteiger partial charge < -0.3 is 29.7 Å². The van der Waals surface area contributed by atoms with E-state index >= 15 is 0 Å². The van der Waals surface area contributed by atoms with E-state index in [-0.39, 0.29) is 24.0 Å². The molecule has 1 aromatic rings. The summed E-state index contributed by atoms with van der Waals surface area (Å²) in [5, 5.41) is 6.68. The van der Waals surface area contributed by atoms with Gasteiger partial charge in [0.15, 0.2) is 5.96 Å². The fourth-order valence-corrected chi connectivity index (χ4v) is 2.89. The molecule has 160 valence electrons. The average molecular weight is 506 g/mol. The molecule has 0 unspecified atom stereocenters. The van der Waals surface area contributed by atoms with Crippen LogP contribution in [0.3, 0.4) is 0 Å². The first-order valence-electron chi connectivity index (χ1n) is 9.84. The summed E-state index contributed by atoms with van der Waals surface area (Å²) in [6.07, 6.45) is 0.929. The molecule has 0 atom stereocenters. The highest BCUT2D eigenvalue weighted by molar-refractivity contribution is 14.0. The van der Waals surface area contributed by atoms with Gasteiger partial charge in [-0.2, -0.15) is 0 Å². The number of methoxy groups -OCH3 is 1. The SMILES string of the molecule is CCNC(=NCc1ccccc1N1CCOCC1)NCCCOCCOC.I. The average Bonchev–Trinajstić information content (AvgIpc) is 2.72. The molecule has 1 aromatic carbocycles. The zero-order valence-electron chi connectivity index (χ0n) is 17.1. The van der Waals surface area contributed by atoms with Crippen LogP contribution in [0.4, 0.5) is 5.69 Å². The molecular weight excluding hydrogens is 471 g/mol. The standard InChI is InChI=1S/C20H34N4O3.HI/c1-3-21-20(22-9-6-12-26-16-15-25-2)23-17-18-7-4-5-8-19(18)24-10-13-27-14-11-24;/h4-5,7-8H,3,6,9-17H2,1-2H3,(H2,21,22,23);1H. The molecule has 8 heteroatoms. The molecule has 0 aliphatic carbocycles. The lowest BCUT2D eigenvalue weighted by atomic mass is 10.1. The van der Waals surface area contributed by atoms with E-state index in [0.717, 1.165) is 58.4 Å². The third-order valence-corrected chi connectivity index (χ3v) is 4.28. The second-order valence-electron chi connectivity index (χ2n) is 6.31. The molecule has 2 rings (SSSR count). The number of morpholine rings is 1. The van der Waals surface area contributed by atoms with Gasteiger partial charge in [0.05, 0.1) is 33.0 Å². The van der Waals surface area contributed by atoms with Crippen LogP contribution in [0.15, 0.2) is 29.3 Å². The van der Waals surface area contributed by atoms with Crippen LogP contribution in [0, 0.1) is 0 Å². The Bertz CT molecular complexity index is 554. The minimum Gasteiger partial charge on any atom is -0.382 e. The van der Waals surface area contributed by atoms with Crippen molar-refractivity contribution in [2.75, 3.05) is 71.2 Å². The van der Waals surface area contributed by atoms with Crippen LogP contribution < -0.4 is 15.5 Å². The molecule has 1 fully saturated rings. The van der Waals surface area contributed by atoms with Gasteiger partial charge in [-0.1, -0.05) is 18.2 Å². The first kappa shape index (κ1) is 24.9. The van der Waals surface area contributed by atoms with E-state index in [0.29, 0.717) is 19.8 Å². The van der Waals surface area contributed by atoms with Crippen molar-refractivity contribution in [3.63, 3.8) is 0 Å². The maximum absolute atomic E-state index is 5.49. The zero-order valence-corrected chi connectivity index (χ0v) is 19.4. The van der Waals surface area contributed by atoms with Gasteiger partial charge in [0, 0.05) is 45.6 Å². The van der Waals surface area contributed by atoms with E-state index < -0.39 is 0 Å².